The fraction of sp³-hybridized carbons (Fsp3) is 0.150. The zero-order valence-electron chi connectivity index (χ0n) is 14.0. The third-order valence-electron chi connectivity index (χ3n) is 4.56. The molecule has 3 aromatic rings. The molecule has 0 radical (unpaired) electrons. The summed E-state index contributed by atoms with van der Waals surface area (Å²) in [6.45, 7) is 0. The number of carbonyl (C=O) groups is 2. The summed E-state index contributed by atoms with van der Waals surface area (Å²) < 4.78 is 4.86. The van der Waals surface area contributed by atoms with Crippen molar-refractivity contribution in [3.8, 4) is 0 Å². The average Bonchev–Trinajstić information content (AvgIpc) is 3.21. The second-order valence-electron chi connectivity index (χ2n) is 6.00. The first-order valence-corrected chi connectivity index (χ1v) is 9.04. The van der Waals surface area contributed by atoms with Gasteiger partial charge in [0.25, 0.3) is 0 Å². The SMILES string of the molecule is COC(=O)c1cccc2c1C(=O)C(c1cncs1)C(c1ccccc1)N2. The molecule has 2 heterocycles. The average molecular weight is 364 g/mol. The van der Waals surface area contributed by atoms with Gasteiger partial charge in [0.05, 0.1) is 35.7 Å². The van der Waals surface area contributed by atoms with Crippen molar-refractivity contribution < 1.29 is 14.3 Å². The molecule has 130 valence electrons. The predicted octanol–water partition coefficient (Wildman–Crippen LogP) is 4.06. The van der Waals surface area contributed by atoms with Gasteiger partial charge in [-0.05, 0) is 17.7 Å². The smallest absolute Gasteiger partial charge is 0.338 e. The number of ketones is 1. The quantitative estimate of drug-likeness (QED) is 0.710. The van der Waals surface area contributed by atoms with Gasteiger partial charge in [-0.3, -0.25) is 9.78 Å². The lowest BCUT2D eigenvalue weighted by Gasteiger charge is -2.34. The number of ether oxygens (including phenoxy) is 1. The Hall–Kier alpha value is -2.99. The van der Waals surface area contributed by atoms with Crippen LogP contribution < -0.4 is 5.32 Å². The maximum absolute atomic E-state index is 13.5. The van der Waals surface area contributed by atoms with Crippen molar-refractivity contribution in [2.75, 3.05) is 12.4 Å². The fourth-order valence-corrected chi connectivity index (χ4v) is 4.14. The summed E-state index contributed by atoms with van der Waals surface area (Å²) in [4.78, 5) is 30.6. The molecule has 0 bridgehead atoms. The second-order valence-corrected chi connectivity index (χ2v) is 6.92. The third kappa shape index (κ3) is 2.68. The second kappa shape index (κ2) is 6.72. The molecule has 0 saturated heterocycles. The summed E-state index contributed by atoms with van der Waals surface area (Å²) in [5.74, 6) is -1.07. The van der Waals surface area contributed by atoms with Crippen LogP contribution in [0.1, 0.15) is 43.1 Å². The molecule has 2 aromatic carbocycles. The Bertz CT molecular complexity index is 954. The highest BCUT2D eigenvalue weighted by atomic mass is 32.1. The molecule has 2 unspecified atom stereocenters. The standard InChI is InChI=1S/C20H16N2O3S/c1-25-20(24)13-8-5-9-14-16(13)19(23)17(15-10-21-11-26-15)18(22-14)12-6-3-2-4-7-12/h2-11,17-18,22H,1H3. The Morgan fingerprint density at radius 1 is 1.15 bits per heavy atom. The summed E-state index contributed by atoms with van der Waals surface area (Å²) in [7, 11) is 1.32. The van der Waals surface area contributed by atoms with E-state index in [9.17, 15) is 9.59 Å². The highest BCUT2D eigenvalue weighted by Gasteiger charge is 2.40. The topological polar surface area (TPSA) is 68.3 Å². The van der Waals surface area contributed by atoms with Gasteiger partial charge in [0.1, 0.15) is 0 Å². The van der Waals surface area contributed by atoms with Crippen molar-refractivity contribution in [1.82, 2.24) is 4.98 Å². The molecule has 0 fully saturated rings. The van der Waals surface area contributed by atoms with E-state index in [4.69, 9.17) is 4.74 Å². The number of anilines is 1. The maximum atomic E-state index is 13.5. The number of rotatable bonds is 3. The Kier molecular flexibility index (Phi) is 4.26. The number of methoxy groups -OCH3 is 1. The molecule has 0 amide bonds. The summed E-state index contributed by atoms with van der Waals surface area (Å²) in [6.07, 6.45) is 1.72. The van der Waals surface area contributed by atoms with Gasteiger partial charge in [0.15, 0.2) is 5.78 Å². The molecule has 2 atom stereocenters. The van der Waals surface area contributed by atoms with Crippen molar-refractivity contribution in [3.05, 3.63) is 81.8 Å². The van der Waals surface area contributed by atoms with E-state index in [1.54, 1.807) is 23.8 Å². The van der Waals surface area contributed by atoms with Crippen LogP contribution in [0.5, 0.6) is 0 Å². The van der Waals surface area contributed by atoms with E-state index in [2.05, 4.69) is 10.3 Å². The van der Waals surface area contributed by atoms with Crippen molar-refractivity contribution in [2.24, 2.45) is 0 Å². The monoisotopic (exact) mass is 364 g/mol. The molecular formula is C20H16N2O3S. The third-order valence-corrected chi connectivity index (χ3v) is 5.42. The maximum Gasteiger partial charge on any atom is 0.338 e. The molecule has 0 saturated carbocycles. The molecule has 1 aliphatic rings. The number of hydrogen-bond donors (Lipinski definition) is 1. The molecular weight excluding hydrogens is 348 g/mol. The van der Waals surface area contributed by atoms with Crippen LogP contribution in [0.3, 0.4) is 0 Å². The number of nitrogens with zero attached hydrogens (tertiary/aromatic N) is 1. The van der Waals surface area contributed by atoms with Crippen molar-refractivity contribution in [2.45, 2.75) is 12.0 Å². The molecule has 1 aromatic heterocycles. The number of thiazole rings is 1. The number of Topliss-reactive ketones (excluding diaryl/α,β-unsaturated/α-hetero) is 1. The lowest BCUT2D eigenvalue weighted by molar-refractivity contribution is 0.0596. The van der Waals surface area contributed by atoms with Crippen LogP contribution in [-0.4, -0.2) is 23.8 Å². The number of esters is 1. The molecule has 0 spiro atoms. The number of benzene rings is 2. The van der Waals surface area contributed by atoms with Crippen LogP contribution in [0, 0.1) is 0 Å². The molecule has 6 heteroatoms. The fourth-order valence-electron chi connectivity index (χ4n) is 3.38. The van der Waals surface area contributed by atoms with Crippen molar-refractivity contribution in [1.29, 1.82) is 0 Å². The number of carbonyl (C=O) groups excluding carboxylic acids is 2. The van der Waals surface area contributed by atoms with Crippen LogP contribution in [-0.2, 0) is 4.74 Å². The van der Waals surface area contributed by atoms with Crippen LogP contribution in [0.15, 0.2) is 60.2 Å². The van der Waals surface area contributed by atoms with E-state index >= 15 is 0 Å². The minimum atomic E-state index is -0.516. The van der Waals surface area contributed by atoms with Crippen molar-refractivity contribution >= 4 is 28.8 Å². The molecule has 1 N–H and O–H groups in total. The molecule has 26 heavy (non-hydrogen) atoms. The number of fused-ring (bicyclic) bond motifs is 1. The Balaban J connectivity index is 1.89. The van der Waals surface area contributed by atoms with Gasteiger partial charge in [0.2, 0.25) is 0 Å². The summed E-state index contributed by atoms with van der Waals surface area (Å²) in [5.41, 5.74) is 4.03. The van der Waals surface area contributed by atoms with E-state index in [1.165, 1.54) is 18.4 Å². The molecule has 5 nitrogen and oxygen atoms in total. The predicted molar refractivity (Wildman–Crippen MR) is 99.8 cm³/mol. The van der Waals surface area contributed by atoms with Gasteiger partial charge < -0.3 is 10.1 Å². The van der Waals surface area contributed by atoms with Gasteiger partial charge in [-0.2, -0.15) is 0 Å². The minimum Gasteiger partial charge on any atom is -0.465 e. The Morgan fingerprint density at radius 3 is 2.65 bits per heavy atom. The first kappa shape index (κ1) is 16.5. The van der Waals surface area contributed by atoms with E-state index in [0.29, 0.717) is 11.3 Å². The van der Waals surface area contributed by atoms with Gasteiger partial charge in [-0.25, -0.2) is 4.79 Å². The van der Waals surface area contributed by atoms with Crippen LogP contribution in [0.4, 0.5) is 5.69 Å². The van der Waals surface area contributed by atoms with Crippen molar-refractivity contribution in [3.63, 3.8) is 0 Å². The molecule has 4 rings (SSSR count). The first-order valence-electron chi connectivity index (χ1n) is 8.16. The number of aromatic nitrogens is 1. The Morgan fingerprint density at radius 2 is 1.96 bits per heavy atom. The minimum absolute atomic E-state index is 0.0992. The van der Waals surface area contributed by atoms with Crippen LogP contribution in [0.2, 0.25) is 0 Å². The molecule has 0 aliphatic carbocycles. The zero-order valence-corrected chi connectivity index (χ0v) is 14.8. The van der Waals surface area contributed by atoms with E-state index < -0.39 is 11.9 Å². The highest BCUT2D eigenvalue weighted by Crippen LogP contribution is 2.44. The normalized spacial score (nSPS) is 18.7. The van der Waals surface area contributed by atoms with Gasteiger partial charge in [-0.15, -0.1) is 11.3 Å². The van der Waals surface area contributed by atoms with Crippen LogP contribution >= 0.6 is 11.3 Å². The first-order chi connectivity index (χ1) is 12.7. The number of nitrogens with one attached hydrogen (secondary N) is 1. The lowest BCUT2D eigenvalue weighted by Crippen LogP contribution is -2.32. The van der Waals surface area contributed by atoms with E-state index in [1.807, 2.05) is 36.4 Å². The van der Waals surface area contributed by atoms with E-state index in [0.717, 1.165) is 10.4 Å². The number of hydrogen-bond acceptors (Lipinski definition) is 6. The van der Waals surface area contributed by atoms with Gasteiger partial charge in [-0.1, -0.05) is 36.4 Å². The summed E-state index contributed by atoms with van der Waals surface area (Å²) in [5, 5.41) is 3.45. The van der Waals surface area contributed by atoms with Crippen LogP contribution in [0.25, 0.3) is 0 Å². The van der Waals surface area contributed by atoms with E-state index in [-0.39, 0.29) is 17.4 Å². The lowest BCUT2D eigenvalue weighted by atomic mass is 9.80. The van der Waals surface area contributed by atoms with Gasteiger partial charge >= 0.3 is 5.97 Å². The molecule has 1 aliphatic heterocycles. The largest absolute Gasteiger partial charge is 0.465 e. The zero-order chi connectivity index (χ0) is 18.1. The summed E-state index contributed by atoms with van der Waals surface area (Å²) in [6, 6.07) is 14.8. The van der Waals surface area contributed by atoms with Gasteiger partial charge in [0, 0.05) is 16.8 Å². The highest BCUT2D eigenvalue weighted by molar-refractivity contribution is 7.09. The summed E-state index contributed by atoms with van der Waals surface area (Å²) >= 11 is 1.44. The Labute approximate surface area is 154 Å².